The van der Waals surface area contributed by atoms with E-state index >= 15 is 0 Å². The first-order chi connectivity index (χ1) is 8.11. The summed E-state index contributed by atoms with van der Waals surface area (Å²) < 4.78 is 0.858. The maximum Gasteiger partial charge on any atom is 0.232 e. The maximum atomic E-state index is 12.1. The van der Waals surface area contributed by atoms with E-state index in [0.29, 0.717) is 12.0 Å². The summed E-state index contributed by atoms with van der Waals surface area (Å²) in [5.41, 5.74) is 1.71. The van der Waals surface area contributed by atoms with Crippen LogP contribution in [0.1, 0.15) is 28.8 Å². The normalized spacial score (nSPS) is 18.4. The second kappa shape index (κ2) is 4.80. The van der Waals surface area contributed by atoms with Crippen molar-refractivity contribution in [3.8, 4) is 6.07 Å². The SMILES string of the molecule is N#CC(=O)CC1CCc2ccc(Br)cc2C1=O. The topological polar surface area (TPSA) is 57.9 Å². The fourth-order valence-electron chi connectivity index (χ4n) is 2.14. The van der Waals surface area contributed by atoms with Crippen molar-refractivity contribution in [3.05, 3.63) is 33.8 Å². The molecule has 86 valence electrons. The molecule has 0 aromatic heterocycles. The number of benzene rings is 1. The Hall–Kier alpha value is -1.47. The first kappa shape index (κ1) is 12.0. The fraction of sp³-hybridized carbons (Fsp3) is 0.308. The van der Waals surface area contributed by atoms with Crippen LogP contribution in [0.5, 0.6) is 0 Å². The van der Waals surface area contributed by atoms with Crippen molar-refractivity contribution in [1.29, 1.82) is 5.26 Å². The van der Waals surface area contributed by atoms with Gasteiger partial charge in [0.25, 0.3) is 0 Å². The average molecular weight is 292 g/mol. The Kier molecular flexibility index (Phi) is 3.39. The molecule has 1 unspecified atom stereocenters. The number of aryl methyl sites for hydroxylation is 1. The van der Waals surface area contributed by atoms with Gasteiger partial charge in [-0.3, -0.25) is 9.59 Å². The first-order valence-corrected chi connectivity index (χ1v) is 6.16. The zero-order chi connectivity index (χ0) is 12.4. The molecule has 3 nitrogen and oxygen atoms in total. The molecule has 1 aliphatic carbocycles. The minimum atomic E-state index is -0.512. The van der Waals surface area contributed by atoms with Gasteiger partial charge in [0.2, 0.25) is 5.78 Å². The van der Waals surface area contributed by atoms with Gasteiger partial charge in [0.15, 0.2) is 5.78 Å². The van der Waals surface area contributed by atoms with E-state index in [9.17, 15) is 9.59 Å². The summed E-state index contributed by atoms with van der Waals surface area (Å²) in [5.74, 6) is -0.859. The third kappa shape index (κ3) is 2.45. The van der Waals surface area contributed by atoms with Gasteiger partial charge in [0.1, 0.15) is 6.07 Å². The Balaban J connectivity index is 2.27. The molecule has 0 bridgehead atoms. The third-order valence-electron chi connectivity index (χ3n) is 3.03. The molecule has 1 aromatic rings. The van der Waals surface area contributed by atoms with Crippen molar-refractivity contribution >= 4 is 27.5 Å². The van der Waals surface area contributed by atoms with Crippen LogP contribution in [-0.2, 0) is 11.2 Å². The number of rotatable bonds is 2. The monoisotopic (exact) mass is 291 g/mol. The van der Waals surface area contributed by atoms with Crippen molar-refractivity contribution in [3.63, 3.8) is 0 Å². The van der Waals surface area contributed by atoms with Gasteiger partial charge in [0.05, 0.1) is 0 Å². The van der Waals surface area contributed by atoms with E-state index in [-0.39, 0.29) is 18.1 Å². The zero-order valence-electron chi connectivity index (χ0n) is 9.07. The summed E-state index contributed by atoms with van der Waals surface area (Å²) in [6.45, 7) is 0. The standard InChI is InChI=1S/C13H10BrNO2/c14-10-4-3-8-1-2-9(5-11(16)7-15)13(17)12(8)6-10/h3-4,6,9H,1-2,5H2. The van der Waals surface area contributed by atoms with Crippen LogP contribution in [-0.4, -0.2) is 11.6 Å². The lowest BCUT2D eigenvalue weighted by Crippen LogP contribution is -2.24. The summed E-state index contributed by atoms with van der Waals surface area (Å²) >= 11 is 3.33. The van der Waals surface area contributed by atoms with Crippen molar-refractivity contribution in [2.24, 2.45) is 5.92 Å². The number of fused-ring (bicyclic) bond motifs is 1. The van der Waals surface area contributed by atoms with Gasteiger partial charge in [-0.1, -0.05) is 22.0 Å². The van der Waals surface area contributed by atoms with E-state index < -0.39 is 5.78 Å². The summed E-state index contributed by atoms with van der Waals surface area (Å²) in [4.78, 5) is 23.2. The van der Waals surface area contributed by atoms with Crippen molar-refractivity contribution in [1.82, 2.24) is 0 Å². The number of ketones is 2. The Morgan fingerprint density at radius 1 is 1.53 bits per heavy atom. The third-order valence-corrected chi connectivity index (χ3v) is 3.52. The fourth-order valence-corrected chi connectivity index (χ4v) is 2.50. The minimum absolute atomic E-state index is 0.0175. The van der Waals surface area contributed by atoms with Crippen molar-refractivity contribution < 1.29 is 9.59 Å². The van der Waals surface area contributed by atoms with E-state index in [1.807, 2.05) is 12.1 Å². The van der Waals surface area contributed by atoms with Crippen LogP contribution in [0.25, 0.3) is 0 Å². The average Bonchev–Trinajstić information content (AvgIpc) is 2.33. The number of halogens is 1. The quantitative estimate of drug-likeness (QED) is 0.787. The zero-order valence-corrected chi connectivity index (χ0v) is 10.7. The maximum absolute atomic E-state index is 12.1. The highest BCUT2D eigenvalue weighted by Gasteiger charge is 2.28. The molecule has 1 atom stereocenters. The van der Waals surface area contributed by atoms with E-state index in [2.05, 4.69) is 15.9 Å². The summed E-state index contributed by atoms with van der Waals surface area (Å²) in [5, 5.41) is 8.47. The molecular formula is C13H10BrNO2. The van der Waals surface area contributed by atoms with E-state index in [4.69, 9.17) is 5.26 Å². The van der Waals surface area contributed by atoms with Crippen LogP contribution in [0.2, 0.25) is 0 Å². The van der Waals surface area contributed by atoms with Crippen LogP contribution in [0, 0.1) is 17.2 Å². The number of Topliss-reactive ketones (excluding diaryl/α,β-unsaturated/α-hetero) is 2. The Bertz CT molecular complexity index is 531. The number of hydrogen-bond acceptors (Lipinski definition) is 3. The molecule has 2 rings (SSSR count). The predicted octanol–water partition coefficient (Wildman–Crippen LogP) is 2.68. The summed E-state index contributed by atoms with van der Waals surface area (Å²) in [7, 11) is 0. The van der Waals surface area contributed by atoms with E-state index in [0.717, 1.165) is 16.5 Å². The molecule has 0 amide bonds. The lowest BCUT2D eigenvalue weighted by atomic mass is 9.80. The molecule has 0 radical (unpaired) electrons. The molecule has 0 fully saturated rings. The number of hydrogen-bond donors (Lipinski definition) is 0. The molecule has 0 saturated heterocycles. The van der Waals surface area contributed by atoms with Gasteiger partial charge >= 0.3 is 0 Å². The minimum Gasteiger partial charge on any atom is -0.294 e. The first-order valence-electron chi connectivity index (χ1n) is 5.37. The molecule has 0 spiro atoms. The molecule has 17 heavy (non-hydrogen) atoms. The number of nitrogens with zero attached hydrogens (tertiary/aromatic N) is 1. The summed E-state index contributed by atoms with van der Waals surface area (Å²) in [6, 6.07) is 7.20. The van der Waals surface area contributed by atoms with Gasteiger partial charge < -0.3 is 0 Å². The molecular weight excluding hydrogens is 282 g/mol. The van der Waals surface area contributed by atoms with Gasteiger partial charge in [0, 0.05) is 22.4 Å². The highest BCUT2D eigenvalue weighted by molar-refractivity contribution is 9.10. The lowest BCUT2D eigenvalue weighted by molar-refractivity contribution is -0.114. The highest BCUT2D eigenvalue weighted by atomic mass is 79.9. The Labute approximate surface area is 108 Å². The van der Waals surface area contributed by atoms with Gasteiger partial charge in [-0.25, -0.2) is 0 Å². The Morgan fingerprint density at radius 3 is 3.00 bits per heavy atom. The number of carbonyl (C=O) groups is 2. The lowest BCUT2D eigenvalue weighted by Gasteiger charge is -2.22. The van der Waals surface area contributed by atoms with Crippen LogP contribution < -0.4 is 0 Å². The van der Waals surface area contributed by atoms with Crippen LogP contribution >= 0.6 is 15.9 Å². The van der Waals surface area contributed by atoms with Gasteiger partial charge in [-0.05, 0) is 30.5 Å². The molecule has 0 N–H and O–H groups in total. The number of nitriles is 1. The van der Waals surface area contributed by atoms with Crippen molar-refractivity contribution in [2.45, 2.75) is 19.3 Å². The smallest absolute Gasteiger partial charge is 0.232 e. The second-order valence-electron chi connectivity index (χ2n) is 4.14. The largest absolute Gasteiger partial charge is 0.294 e. The van der Waals surface area contributed by atoms with Crippen LogP contribution in [0.15, 0.2) is 22.7 Å². The second-order valence-corrected chi connectivity index (χ2v) is 5.06. The molecule has 4 heteroatoms. The van der Waals surface area contributed by atoms with Gasteiger partial charge in [-0.15, -0.1) is 0 Å². The van der Waals surface area contributed by atoms with E-state index in [1.54, 1.807) is 12.1 Å². The van der Waals surface area contributed by atoms with Crippen LogP contribution in [0.3, 0.4) is 0 Å². The van der Waals surface area contributed by atoms with E-state index in [1.165, 1.54) is 0 Å². The molecule has 1 aliphatic rings. The molecule has 0 heterocycles. The van der Waals surface area contributed by atoms with Crippen molar-refractivity contribution in [2.75, 3.05) is 0 Å². The van der Waals surface area contributed by atoms with Crippen LogP contribution in [0.4, 0.5) is 0 Å². The summed E-state index contributed by atoms with van der Waals surface area (Å²) in [6.07, 6.45) is 1.49. The number of carbonyl (C=O) groups excluding carboxylic acids is 2. The molecule has 0 aliphatic heterocycles. The molecule has 1 aromatic carbocycles. The molecule has 0 saturated carbocycles. The predicted molar refractivity (Wildman–Crippen MR) is 65.5 cm³/mol. The highest BCUT2D eigenvalue weighted by Crippen LogP contribution is 2.29. The Morgan fingerprint density at radius 2 is 2.29 bits per heavy atom. The van der Waals surface area contributed by atoms with Gasteiger partial charge in [-0.2, -0.15) is 5.26 Å².